The van der Waals surface area contributed by atoms with Crippen molar-refractivity contribution in [1.82, 2.24) is 0 Å². The van der Waals surface area contributed by atoms with Gasteiger partial charge >= 0.3 is 0 Å². The molecule has 0 bridgehead atoms. The van der Waals surface area contributed by atoms with Crippen LogP contribution in [0.15, 0.2) is 24.3 Å². The molecule has 1 aliphatic carbocycles. The molecule has 0 radical (unpaired) electrons. The van der Waals surface area contributed by atoms with E-state index in [9.17, 15) is 5.11 Å². The average molecular weight is 278 g/mol. The molecule has 0 spiro atoms. The number of hydrogen-bond donors (Lipinski definition) is 1. The third-order valence-electron chi connectivity index (χ3n) is 4.54. The van der Waals surface area contributed by atoms with E-state index in [0.29, 0.717) is 18.3 Å². The normalized spacial score (nSPS) is 28.1. The van der Waals surface area contributed by atoms with Crippen LogP contribution in [0, 0.1) is 11.8 Å². The highest BCUT2D eigenvalue weighted by atomic mass is 16.5. The van der Waals surface area contributed by atoms with E-state index in [-0.39, 0.29) is 6.10 Å². The topological polar surface area (TPSA) is 38.7 Å². The van der Waals surface area contributed by atoms with Crippen LogP contribution in [0.2, 0.25) is 0 Å². The van der Waals surface area contributed by atoms with Crippen molar-refractivity contribution in [2.75, 3.05) is 13.7 Å². The first kappa shape index (κ1) is 15.3. The molecule has 2 rings (SSSR count). The quantitative estimate of drug-likeness (QED) is 0.895. The van der Waals surface area contributed by atoms with Gasteiger partial charge in [-0.15, -0.1) is 0 Å². The van der Waals surface area contributed by atoms with E-state index in [0.717, 1.165) is 24.3 Å². The van der Waals surface area contributed by atoms with Crippen molar-refractivity contribution in [1.29, 1.82) is 0 Å². The molecule has 3 heteroatoms. The second kappa shape index (κ2) is 7.09. The van der Waals surface area contributed by atoms with E-state index in [2.05, 4.69) is 13.8 Å². The van der Waals surface area contributed by atoms with E-state index in [1.165, 1.54) is 6.42 Å². The summed E-state index contributed by atoms with van der Waals surface area (Å²) in [6.07, 6.45) is 3.08. The van der Waals surface area contributed by atoms with Gasteiger partial charge in [-0.05, 0) is 37.2 Å². The van der Waals surface area contributed by atoms with Gasteiger partial charge in [0.05, 0.1) is 19.8 Å². The second-order valence-electron chi connectivity index (χ2n) is 5.98. The Morgan fingerprint density at radius 3 is 2.65 bits per heavy atom. The molecule has 0 heterocycles. The van der Waals surface area contributed by atoms with E-state index in [1.54, 1.807) is 7.11 Å². The maximum atomic E-state index is 10.3. The lowest BCUT2D eigenvalue weighted by Crippen LogP contribution is -2.28. The van der Waals surface area contributed by atoms with Gasteiger partial charge in [0.2, 0.25) is 0 Å². The summed E-state index contributed by atoms with van der Waals surface area (Å²) in [5.74, 6) is 2.21. The van der Waals surface area contributed by atoms with Crippen molar-refractivity contribution in [3.05, 3.63) is 29.8 Å². The molecular formula is C17H26O3. The lowest BCUT2D eigenvalue weighted by molar-refractivity contribution is -0.0402. The van der Waals surface area contributed by atoms with Crippen LogP contribution in [-0.2, 0) is 4.74 Å². The highest BCUT2D eigenvalue weighted by Crippen LogP contribution is 2.32. The number of rotatable bonds is 5. The number of methoxy groups -OCH3 is 1. The van der Waals surface area contributed by atoms with E-state index >= 15 is 0 Å². The molecule has 1 N–H and O–H groups in total. The average Bonchev–Trinajstić information content (AvgIpc) is 2.48. The molecule has 3 nitrogen and oxygen atoms in total. The number of aliphatic hydroxyl groups is 1. The number of ether oxygens (including phenoxy) is 2. The standard InChI is InChI=1S/C17H26O3/c1-12-8-9-14(10-13(12)2)20-11-16(18)15-6-4-5-7-17(15)19-3/h4-7,12-14,16,18H,8-11H2,1-3H3. The highest BCUT2D eigenvalue weighted by Gasteiger charge is 2.25. The molecule has 0 aromatic heterocycles. The summed E-state index contributed by atoms with van der Waals surface area (Å²) in [6, 6.07) is 7.56. The minimum Gasteiger partial charge on any atom is -0.496 e. The number of hydrogen-bond acceptors (Lipinski definition) is 3. The van der Waals surface area contributed by atoms with Crippen molar-refractivity contribution in [2.24, 2.45) is 11.8 Å². The molecule has 20 heavy (non-hydrogen) atoms. The van der Waals surface area contributed by atoms with Gasteiger partial charge in [0.15, 0.2) is 0 Å². The first-order chi connectivity index (χ1) is 9.61. The first-order valence-electron chi connectivity index (χ1n) is 7.54. The minimum absolute atomic E-state index is 0.283. The maximum Gasteiger partial charge on any atom is 0.124 e. The van der Waals surface area contributed by atoms with Crippen LogP contribution in [0.5, 0.6) is 5.75 Å². The maximum absolute atomic E-state index is 10.3. The number of para-hydroxylation sites is 1. The summed E-state index contributed by atoms with van der Waals surface area (Å²) in [4.78, 5) is 0. The van der Waals surface area contributed by atoms with Gasteiger partial charge in [-0.25, -0.2) is 0 Å². The van der Waals surface area contributed by atoms with Gasteiger partial charge in [-0.3, -0.25) is 0 Å². The summed E-state index contributed by atoms with van der Waals surface area (Å²) in [6.45, 7) is 4.94. The van der Waals surface area contributed by atoms with Gasteiger partial charge < -0.3 is 14.6 Å². The van der Waals surface area contributed by atoms with E-state index in [4.69, 9.17) is 9.47 Å². The van der Waals surface area contributed by atoms with Gasteiger partial charge in [0.25, 0.3) is 0 Å². The first-order valence-corrected chi connectivity index (χ1v) is 7.54. The highest BCUT2D eigenvalue weighted by molar-refractivity contribution is 5.34. The predicted octanol–water partition coefficient (Wildman–Crippen LogP) is 3.57. The molecule has 0 saturated heterocycles. The Kier molecular flexibility index (Phi) is 5.44. The Morgan fingerprint density at radius 2 is 1.95 bits per heavy atom. The molecule has 1 saturated carbocycles. The Hall–Kier alpha value is -1.06. The fourth-order valence-corrected chi connectivity index (χ4v) is 2.91. The fraction of sp³-hybridized carbons (Fsp3) is 0.647. The summed E-state index contributed by atoms with van der Waals surface area (Å²) < 4.78 is 11.2. The van der Waals surface area contributed by atoms with Crippen molar-refractivity contribution >= 4 is 0 Å². The Labute approximate surface area is 121 Å². The zero-order valence-corrected chi connectivity index (χ0v) is 12.7. The van der Waals surface area contributed by atoms with Crippen LogP contribution in [0.25, 0.3) is 0 Å². The Balaban J connectivity index is 1.87. The molecule has 0 amide bonds. The summed E-state index contributed by atoms with van der Waals surface area (Å²) in [5.41, 5.74) is 0.798. The smallest absolute Gasteiger partial charge is 0.124 e. The molecular weight excluding hydrogens is 252 g/mol. The van der Waals surface area contributed by atoms with E-state index < -0.39 is 6.10 Å². The largest absolute Gasteiger partial charge is 0.496 e. The van der Waals surface area contributed by atoms with Gasteiger partial charge in [0.1, 0.15) is 11.9 Å². The van der Waals surface area contributed by atoms with E-state index in [1.807, 2.05) is 24.3 Å². The molecule has 4 atom stereocenters. The van der Waals surface area contributed by atoms with Crippen LogP contribution in [-0.4, -0.2) is 24.9 Å². The molecule has 112 valence electrons. The van der Waals surface area contributed by atoms with Crippen LogP contribution < -0.4 is 4.74 Å². The third-order valence-corrected chi connectivity index (χ3v) is 4.54. The van der Waals surface area contributed by atoms with Gasteiger partial charge in [0, 0.05) is 5.56 Å². The van der Waals surface area contributed by atoms with Crippen LogP contribution in [0.4, 0.5) is 0 Å². The second-order valence-corrected chi connectivity index (χ2v) is 5.98. The van der Waals surface area contributed by atoms with Crippen molar-refractivity contribution in [3.63, 3.8) is 0 Å². The summed E-state index contributed by atoms with van der Waals surface area (Å²) >= 11 is 0. The molecule has 1 aromatic rings. The SMILES string of the molecule is COc1ccccc1C(O)COC1CCC(C)C(C)C1. The molecule has 1 aliphatic rings. The van der Waals surface area contributed by atoms with Crippen LogP contribution in [0.3, 0.4) is 0 Å². The predicted molar refractivity (Wildman–Crippen MR) is 79.9 cm³/mol. The lowest BCUT2D eigenvalue weighted by Gasteiger charge is -2.32. The zero-order chi connectivity index (χ0) is 14.5. The minimum atomic E-state index is -0.624. The monoisotopic (exact) mass is 278 g/mol. The molecule has 4 unspecified atom stereocenters. The fourth-order valence-electron chi connectivity index (χ4n) is 2.91. The van der Waals surface area contributed by atoms with Crippen molar-refractivity contribution in [3.8, 4) is 5.75 Å². The summed E-state index contributed by atoms with van der Waals surface area (Å²) in [5, 5.41) is 10.3. The van der Waals surface area contributed by atoms with Gasteiger partial charge in [-0.1, -0.05) is 32.0 Å². The molecule has 1 aromatic carbocycles. The summed E-state index contributed by atoms with van der Waals surface area (Å²) in [7, 11) is 1.62. The van der Waals surface area contributed by atoms with Crippen molar-refractivity contribution in [2.45, 2.75) is 45.3 Å². The number of aliphatic hydroxyl groups excluding tert-OH is 1. The molecule has 1 fully saturated rings. The van der Waals surface area contributed by atoms with Crippen molar-refractivity contribution < 1.29 is 14.6 Å². The number of benzene rings is 1. The molecule has 0 aliphatic heterocycles. The lowest BCUT2D eigenvalue weighted by atomic mass is 9.80. The Bertz CT molecular complexity index is 418. The third kappa shape index (κ3) is 3.74. The zero-order valence-electron chi connectivity index (χ0n) is 12.7. The Morgan fingerprint density at radius 1 is 1.20 bits per heavy atom. The van der Waals surface area contributed by atoms with Gasteiger partial charge in [-0.2, -0.15) is 0 Å². The van der Waals surface area contributed by atoms with Crippen LogP contribution in [0.1, 0.15) is 44.8 Å². The van der Waals surface area contributed by atoms with Crippen LogP contribution >= 0.6 is 0 Å².